The number of rotatable bonds is 2. The van der Waals surface area contributed by atoms with Gasteiger partial charge in [0, 0.05) is 42.8 Å². The van der Waals surface area contributed by atoms with Crippen LogP contribution in [0.25, 0.3) is 10.8 Å². The number of fused-ring (bicyclic) bond motifs is 1. The molecule has 132 valence electrons. The topological polar surface area (TPSA) is 49.9 Å². The van der Waals surface area contributed by atoms with Crippen LogP contribution in [0.5, 0.6) is 0 Å². The molecule has 0 radical (unpaired) electrons. The molecule has 1 heterocycles. The number of anilines is 1. The number of hydrogen-bond acceptors (Lipinski definition) is 4. The van der Waals surface area contributed by atoms with Gasteiger partial charge in [-0.3, -0.25) is 4.79 Å². The van der Waals surface area contributed by atoms with Gasteiger partial charge >= 0.3 is 6.09 Å². The van der Waals surface area contributed by atoms with E-state index in [4.69, 9.17) is 4.74 Å². The SMILES string of the molecule is CC(C)(C)OC(=O)N1CCN(c2ccc(C=O)c3ccccc23)CC1. The van der Waals surface area contributed by atoms with Crippen molar-refractivity contribution in [2.24, 2.45) is 0 Å². The normalized spacial score (nSPS) is 15.3. The molecule has 0 saturated carbocycles. The third kappa shape index (κ3) is 3.76. The summed E-state index contributed by atoms with van der Waals surface area (Å²) in [4.78, 5) is 27.5. The number of benzene rings is 2. The Hall–Kier alpha value is -2.56. The smallest absolute Gasteiger partial charge is 0.410 e. The molecule has 5 nitrogen and oxygen atoms in total. The van der Waals surface area contributed by atoms with Crippen molar-refractivity contribution in [3.8, 4) is 0 Å². The van der Waals surface area contributed by atoms with Crippen LogP contribution in [0.15, 0.2) is 36.4 Å². The van der Waals surface area contributed by atoms with E-state index in [9.17, 15) is 9.59 Å². The minimum atomic E-state index is -0.477. The highest BCUT2D eigenvalue weighted by molar-refractivity contribution is 6.04. The molecule has 0 atom stereocenters. The Balaban J connectivity index is 1.77. The third-order valence-corrected chi connectivity index (χ3v) is 4.33. The maximum atomic E-state index is 12.2. The average Bonchev–Trinajstić information content (AvgIpc) is 2.59. The van der Waals surface area contributed by atoms with Gasteiger partial charge < -0.3 is 14.5 Å². The van der Waals surface area contributed by atoms with Crippen molar-refractivity contribution in [3.63, 3.8) is 0 Å². The number of hydrogen-bond donors (Lipinski definition) is 0. The molecule has 1 amide bonds. The van der Waals surface area contributed by atoms with Gasteiger partial charge in [-0.2, -0.15) is 0 Å². The summed E-state index contributed by atoms with van der Waals surface area (Å²) in [6.45, 7) is 8.36. The molecule has 2 aromatic carbocycles. The van der Waals surface area contributed by atoms with Crippen LogP contribution in [-0.2, 0) is 4.74 Å². The van der Waals surface area contributed by atoms with Crippen LogP contribution in [-0.4, -0.2) is 49.1 Å². The lowest BCUT2D eigenvalue weighted by atomic mass is 10.0. The predicted octanol–water partition coefficient (Wildman–Crippen LogP) is 3.71. The van der Waals surface area contributed by atoms with Crippen LogP contribution >= 0.6 is 0 Å². The highest BCUT2D eigenvalue weighted by Crippen LogP contribution is 2.29. The molecular weight excluding hydrogens is 316 g/mol. The number of piperazine rings is 1. The molecule has 0 bridgehead atoms. The van der Waals surface area contributed by atoms with E-state index in [0.717, 1.165) is 35.8 Å². The molecule has 2 aromatic rings. The summed E-state index contributed by atoms with van der Waals surface area (Å²) in [7, 11) is 0. The minimum absolute atomic E-state index is 0.256. The summed E-state index contributed by atoms with van der Waals surface area (Å²) in [6.07, 6.45) is 0.639. The number of amides is 1. The number of carbonyl (C=O) groups is 2. The fourth-order valence-electron chi connectivity index (χ4n) is 3.14. The van der Waals surface area contributed by atoms with Crippen molar-refractivity contribution in [2.75, 3.05) is 31.1 Å². The van der Waals surface area contributed by atoms with Crippen LogP contribution in [0.3, 0.4) is 0 Å². The Kier molecular flexibility index (Phi) is 4.66. The molecule has 1 saturated heterocycles. The van der Waals surface area contributed by atoms with E-state index in [2.05, 4.69) is 4.90 Å². The van der Waals surface area contributed by atoms with Gasteiger partial charge in [-0.25, -0.2) is 4.79 Å². The van der Waals surface area contributed by atoms with Crippen LogP contribution < -0.4 is 4.90 Å². The van der Waals surface area contributed by atoms with E-state index >= 15 is 0 Å². The molecular formula is C20H24N2O3. The zero-order chi connectivity index (χ0) is 18.0. The van der Waals surface area contributed by atoms with Crippen molar-refractivity contribution >= 4 is 28.8 Å². The Labute approximate surface area is 148 Å². The molecule has 1 aliphatic heterocycles. The van der Waals surface area contributed by atoms with Crippen molar-refractivity contribution in [2.45, 2.75) is 26.4 Å². The first-order valence-electron chi connectivity index (χ1n) is 8.59. The van der Waals surface area contributed by atoms with Gasteiger partial charge in [-0.1, -0.05) is 24.3 Å². The van der Waals surface area contributed by atoms with Gasteiger partial charge in [0.2, 0.25) is 0 Å². The summed E-state index contributed by atoms with van der Waals surface area (Å²) < 4.78 is 5.45. The zero-order valence-electron chi connectivity index (χ0n) is 15.0. The maximum Gasteiger partial charge on any atom is 0.410 e. The largest absolute Gasteiger partial charge is 0.444 e. The first-order chi connectivity index (χ1) is 11.9. The predicted molar refractivity (Wildman–Crippen MR) is 99.4 cm³/mol. The summed E-state index contributed by atoms with van der Waals surface area (Å²) in [5.74, 6) is 0. The number of carbonyl (C=O) groups excluding carboxylic acids is 2. The van der Waals surface area contributed by atoms with Gasteiger partial charge in [0.15, 0.2) is 6.29 Å². The van der Waals surface area contributed by atoms with Gasteiger partial charge in [-0.05, 0) is 38.3 Å². The van der Waals surface area contributed by atoms with E-state index in [1.807, 2.05) is 57.2 Å². The van der Waals surface area contributed by atoms with Crippen LogP contribution in [0.1, 0.15) is 31.1 Å². The van der Waals surface area contributed by atoms with Crippen LogP contribution in [0.2, 0.25) is 0 Å². The molecule has 1 aliphatic rings. The fraction of sp³-hybridized carbons (Fsp3) is 0.400. The highest BCUT2D eigenvalue weighted by Gasteiger charge is 2.26. The van der Waals surface area contributed by atoms with Crippen LogP contribution in [0.4, 0.5) is 10.5 Å². The average molecular weight is 340 g/mol. The zero-order valence-corrected chi connectivity index (χ0v) is 15.0. The van der Waals surface area contributed by atoms with Crippen molar-refractivity contribution in [3.05, 3.63) is 42.0 Å². The van der Waals surface area contributed by atoms with E-state index < -0.39 is 5.60 Å². The van der Waals surface area contributed by atoms with Crippen molar-refractivity contribution in [1.29, 1.82) is 0 Å². The summed E-state index contributed by atoms with van der Waals surface area (Å²) >= 11 is 0. The third-order valence-electron chi connectivity index (χ3n) is 4.33. The second-order valence-electron chi connectivity index (χ2n) is 7.29. The van der Waals surface area contributed by atoms with Gasteiger partial charge in [0.05, 0.1) is 0 Å². The summed E-state index contributed by atoms with van der Waals surface area (Å²) in [5.41, 5.74) is 1.33. The highest BCUT2D eigenvalue weighted by atomic mass is 16.6. The van der Waals surface area contributed by atoms with E-state index in [1.54, 1.807) is 4.90 Å². The molecule has 3 rings (SSSR count). The summed E-state index contributed by atoms with van der Waals surface area (Å²) in [6, 6.07) is 11.8. The first kappa shape index (κ1) is 17.3. The number of nitrogens with zero attached hydrogens (tertiary/aromatic N) is 2. The van der Waals surface area contributed by atoms with Gasteiger partial charge in [0.1, 0.15) is 5.60 Å². The molecule has 0 spiro atoms. The lowest BCUT2D eigenvalue weighted by molar-refractivity contribution is 0.0240. The van der Waals surface area contributed by atoms with Crippen molar-refractivity contribution < 1.29 is 14.3 Å². The molecule has 5 heteroatoms. The van der Waals surface area contributed by atoms with Gasteiger partial charge in [0.25, 0.3) is 0 Å². The molecule has 1 fully saturated rings. The molecule has 25 heavy (non-hydrogen) atoms. The second kappa shape index (κ2) is 6.75. The molecule has 0 aromatic heterocycles. The first-order valence-corrected chi connectivity index (χ1v) is 8.59. The maximum absolute atomic E-state index is 12.2. The van der Waals surface area contributed by atoms with Crippen molar-refractivity contribution in [1.82, 2.24) is 4.90 Å². The fourth-order valence-corrected chi connectivity index (χ4v) is 3.14. The Morgan fingerprint density at radius 1 is 1.00 bits per heavy atom. The molecule has 0 unspecified atom stereocenters. The van der Waals surface area contributed by atoms with Gasteiger partial charge in [-0.15, -0.1) is 0 Å². The number of ether oxygens (including phenoxy) is 1. The van der Waals surface area contributed by atoms with E-state index in [0.29, 0.717) is 18.7 Å². The number of aldehydes is 1. The van der Waals surface area contributed by atoms with E-state index in [1.165, 1.54) is 0 Å². The Morgan fingerprint density at radius 2 is 1.64 bits per heavy atom. The monoisotopic (exact) mass is 340 g/mol. The second-order valence-corrected chi connectivity index (χ2v) is 7.29. The Bertz CT molecular complexity index is 787. The Morgan fingerprint density at radius 3 is 2.24 bits per heavy atom. The quantitative estimate of drug-likeness (QED) is 0.782. The molecule has 0 aliphatic carbocycles. The lowest BCUT2D eigenvalue weighted by Crippen LogP contribution is -2.50. The van der Waals surface area contributed by atoms with Crippen LogP contribution in [0, 0.1) is 0 Å². The molecule has 0 N–H and O–H groups in total. The van der Waals surface area contributed by atoms with E-state index in [-0.39, 0.29) is 6.09 Å². The lowest BCUT2D eigenvalue weighted by Gasteiger charge is -2.37. The summed E-state index contributed by atoms with van der Waals surface area (Å²) in [5, 5.41) is 2.03. The minimum Gasteiger partial charge on any atom is -0.444 e. The standard InChI is InChI=1S/C20H24N2O3/c1-20(2,3)25-19(24)22-12-10-21(11-13-22)18-9-8-15(14-23)16-6-4-5-7-17(16)18/h4-9,14H,10-13H2,1-3H3.